The molecule has 1 atom stereocenters. The number of rotatable bonds is 4. The minimum atomic E-state index is -3.38. The van der Waals surface area contributed by atoms with Crippen molar-refractivity contribution in [3.63, 3.8) is 0 Å². The van der Waals surface area contributed by atoms with Gasteiger partial charge in [-0.25, -0.2) is 12.7 Å². The zero-order valence-corrected chi connectivity index (χ0v) is 11.2. The van der Waals surface area contributed by atoms with Gasteiger partial charge in [0.2, 0.25) is 10.0 Å². The lowest BCUT2D eigenvalue weighted by Crippen LogP contribution is -2.23. The van der Waals surface area contributed by atoms with Crippen molar-refractivity contribution < 1.29 is 8.42 Å². The van der Waals surface area contributed by atoms with E-state index < -0.39 is 10.0 Å². The predicted octanol–water partition coefficient (Wildman–Crippen LogP) is 2.11. The zero-order chi connectivity index (χ0) is 12.3. The summed E-state index contributed by atoms with van der Waals surface area (Å²) in [6, 6.07) is 6.96. The van der Waals surface area contributed by atoms with Crippen molar-refractivity contribution in [2.45, 2.75) is 23.6 Å². The highest BCUT2D eigenvalue weighted by molar-refractivity contribution is 7.89. The molecule has 0 aliphatic rings. The Morgan fingerprint density at radius 1 is 1.31 bits per heavy atom. The van der Waals surface area contributed by atoms with Gasteiger partial charge in [-0.1, -0.05) is 18.2 Å². The third kappa shape index (κ3) is 2.97. The first kappa shape index (κ1) is 13.5. The van der Waals surface area contributed by atoms with E-state index >= 15 is 0 Å². The van der Waals surface area contributed by atoms with Crippen molar-refractivity contribution >= 4 is 21.6 Å². The number of alkyl halides is 1. The monoisotopic (exact) mass is 261 g/mol. The van der Waals surface area contributed by atoms with Gasteiger partial charge in [0.25, 0.3) is 0 Å². The van der Waals surface area contributed by atoms with Crippen molar-refractivity contribution in [1.82, 2.24) is 4.31 Å². The molecule has 0 spiro atoms. The van der Waals surface area contributed by atoms with E-state index in [0.29, 0.717) is 11.3 Å². The normalized spacial score (nSPS) is 14.1. The Morgan fingerprint density at radius 2 is 1.88 bits per heavy atom. The average Bonchev–Trinajstić information content (AvgIpc) is 2.17. The molecule has 0 amide bonds. The largest absolute Gasteiger partial charge is 0.242 e. The molecule has 0 aliphatic heterocycles. The molecule has 0 aromatic heterocycles. The minimum absolute atomic E-state index is 0.0847. The molecule has 16 heavy (non-hydrogen) atoms. The van der Waals surface area contributed by atoms with E-state index in [-0.39, 0.29) is 5.38 Å². The van der Waals surface area contributed by atoms with Gasteiger partial charge in [-0.05, 0) is 25.0 Å². The summed E-state index contributed by atoms with van der Waals surface area (Å²) < 4.78 is 25.2. The quantitative estimate of drug-likeness (QED) is 0.779. The van der Waals surface area contributed by atoms with Crippen LogP contribution in [0, 0.1) is 0 Å². The smallest absolute Gasteiger partial charge is 0.207 e. The Labute approximate surface area is 102 Å². The zero-order valence-electron chi connectivity index (χ0n) is 9.64. The SMILES string of the molecule is CC(Cl)Cc1ccccc1S(=O)(=O)N(C)C. The Morgan fingerprint density at radius 3 is 2.38 bits per heavy atom. The first-order chi connectivity index (χ1) is 7.35. The van der Waals surface area contributed by atoms with Gasteiger partial charge in [0, 0.05) is 19.5 Å². The lowest BCUT2D eigenvalue weighted by Gasteiger charge is -2.15. The van der Waals surface area contributed by atoms with E-state index in [1.54, 1.807) is 18.2 Å². The number of halogens is 1. The van der Waals surface area contributed by atoms with Gasteiger partial charge in [-0.3, -0.25) is 0 Å². The molecule has 0 radical (unpaired) electrons. The summed E-state index contributed by atoms with van der Waals surface area (Å²) in [5.74, 6) is 0. The number of hydrogen-bond donors (Lipinski definition) is 0. The lowest BCUT2D eigenvalue weighted by molar-refractivity contribution is 0.519. The fourth-order valence-corrected chi connectivity index (χ4v) is 2.72. The molecule has 1 rings (SSSR count). The van der Waals surface area contributed by atoms with Gasteiger partial charge in [0.05, 0.1) is 4.90 Å². The van der Waals surface area contributed by atoms with Crippen LogP contribution in [0.4, 0.5) is 0 Å². The summed E-state index contributed by atoms with van der Waals surface area (Å²) in [7, 11) is -0.330. The fraction of sp³-hybridized carbons (Fsp3) is 0.455. The molecule has 1 aromatic rings. The van der Waals surface area contributed by atoms with Crippen LogP contribution in [0.25, 0.3) is 0 Å². The van der Waals surface area contributed by atoms with E-state index in [4.69, 9.17) is 11.6 Å². The summed E-state index contributed by atoms with van der Waals surface area (Å²) in [5, 5.41) is -0.0847. The van der Waals surface area contributed by atoms with Crippen molar-refractivity contribution in [3.8, 4) is 0 Å². The van der Waals surface area contributed by atoms with Gasteiger partial charge < -0.3 is 0 Å². The molecule has 3 nitrogen and oxygen atoms in total. The highest BCUT2D eigenvalue weighted by Gasteiger charge is 2.20. The van der Waals surface area contributed by atoms with Crippen LogP contribution in [0.1, 0.15) is 12.5 Å². The molecule has 0 heterocycles. The van der Waals surface area contributed by atoms with Crippen molar-refractivity contribution in [3.05, 3.63) is 29.8 Å². The summed E-state index contributed by atoms with van der Waals surface area (Å²) in [5.41, 5.74) is 0.763. The van der Waals surface area contributed by atoms with E-state index in [0.717, 1.165) is 5.56 Å². The Hall–Kier alpha value is -0.580. The van der Waals surface area contributed by atoms with Crippen LogP contribution < -0.4 is 0 Å². The molecule has 0 aliphatic carbocycles. The third-order valence-electron chi connectivity index (χ3n) is 2.23. The van der Waals surface area contributed by atoms with Crippen LogP contribution in [0.2, 0.25) is 0 Å². The number of nitrogens with zero attached hydrogens (tertiary/aromatic N) is 1. The molecule has 1 unspecified atom stereocenters. The van der Waals surface area contributed by atoms with Gasteiger partial charge in [-0.15, -0.1) is 11.6 Å². The van der Waals surface area contributed by atoms with Crippen molar-refractivity contribution in [1.29, 1.82) is 0 Å². The maximum Gasteiger partial charge on any atom is 0.242 e. The number of sulfonamides is 1. The molecule has 0 saturated heterocycles. The Kier molecular flexibility index (Phi) is 4.35. The summed E-state index contributed by atoms with van der Waals surface area (Å²) in [6.45, 7) is 1.85. The van der Waals surface area contributed by atoms with Gasteiger partial charge in [-0.2, -0.15) is 0 Å². The molecule has 0 N–H and O–H groups in total. The van der Waals surface area contributed by atoms with E-state index in [1.807, 2.05) is 13.0 Å². The maximum absolute atomic E-state index is 12.0. The minimum Gasteiger partial charge on any atom is -0.207 e. The lowest BCUT2D eigenvalue weighted by atomic mass is 10.1. The Bertz CT molecular complexity index is 455. The van der Waals surface area contributed by atoms with E-state index in [2.05, 4.69) is 0 Å². The molecular formula is C11H16ClNO2S. The third-order valence-corrected chi connectivity index (χ3v) is 4.30. The topological polar surface area (TPSA) is 37.4 Å². The summed E-state index contributed by atoms with van der Waals surface area (Å²) in [6.07, 6.45) is 0.546. The second kappa shape index (κ2) is 5.17. The summed E-state index contributed by atoms with van der Waals surface area (Å²) in [4.78, 5) is 0.340. The maximum atomic E-state index is 12.0. The average molecular weight is 262 g/mol. The molecule has 0 saturated carbocycles. The Balaban J connectivity index is 3.24. The van der Waals surface area contributed by atoms with E-state index in [9.17, 15) is 8.42 Å². The predicted molar refractivity (Wildman–Crippen MR) is 66.3 cm³/mol. The first-order valence-electron chi connectivity index (χ1n) is 5.00. The van der Waals surface area contributed by atoms with Crippen LogP contribution in [0.5, 0.6) is 0 Å². The molecule has 1 aromatic carbocycles. The van der Waals surface area contributed by atoms with Crippen LogP contribution in [-0.4, -0.2) is 32.2 Å². The van der Waals surface area contributed by atoms with Crippen LogP contribution in [0.15, 0.2) is 29.2 Å². The highest BCUT2D eigenvalue weighted by Crippen LogP contribution is 2.20. The molecule has 90 valence electrons. The van der Waals surface area contributed by atoms with Gasteiger partial charge >= 0.3 is 0 Å². The molecule has 5 heteroatoms. The second-order valence-electron chi connectivity index (χ2n) is 3.88. The van der Waals surface area contributed by atoms with Gasteiger partial charge in [0.1, 0.15) is 0 Å². The molecule has 0 bridgehead atoms. The number of benzene rings is 1. The van der Waals surface area contributed by atoms with Crippen molar-refractivity contribution in [2.24, 2.45) is 0 Å². The number of hydrogen-bond acceptors (Lipinski definition) is 2. The summed E-state index contributed by atoms with van der Waals surface area (Å²) >= 11 is 5.91. The molecular weight excluding hydrogens is 246 g/mol. The second-order valence-corrected chi connectivity index (χ2v) is 6.75. The van der Waals surface area contributed by atoms with Gasteiger partial charge in [0.15, 0.2) is 0 Å². The standard InChI is InChI=1S/C11H16ClNO2S/c1-9(12)8-10-6-4-5-7-11(10)16(14,15)13(2)3/h4-7,9H,8H2,1-3H3. The highest BCUT2D eigenvalue weighted by atomic mass is 35.5. The first-order valence-corrected chi connectivity index (χ1v) is 6.88. The van der Waals surface area contributed by atoms with Crippen molar-refractivity contribution in [2.75, 3.05) is 14.1 Å². The van der Waals surface area contributed by atoms with Crippen LogP contribution in [0.3, 0.4) is 0 Å². The van der Waals surface area contributed by atoms with E-state index in [1.165, 1.54) is 18.4 Å². The fourth-order valence-electron chi connectivity index (χ4n) is 1.42. The van der Waals surface area contributed by atoms with Crippen LogP contribution in [-0.2, 0) is 16.4 Å². The van der Waals surface area contributed by atoms with Crippen LogP contribution >= 0.6 is 11.6 Å². The molecule has 0 fully saturated rings.